The van der Waals surface area contributed by atoms with E-state index < -0.39 is 83.6 Å². The summed E-state index contributed by atoms with van der Waals surface area (Å²) in [6.07, 6.45) is -5.53. The fourth-order valence-electron chi connectivity index (χ4n) is 9.25. The largest absolute Gasteiger partial charge is 0.459 e. The molecule has 3 heterocycles. The van der Waals surface area contributed by atoms with Gasteiger partial charge in [-0.25, -0.2) is 0 Å². The first-order chi connectivity index (χ1) is 24.2. The number of rotatable bonds is 7. The lowest BCUT2D eigenvalue weighted by Gasteiger charge is -2.50. The lowest BCUT2D eigenvalue weighted by atomic mass is 9.74. The topological polar surface area (TPSA) is 157 Å². The summed E-state index contributed by atoms with van der Waals surface area (Å²) in [6.45, 7) is 26.8. The van der Waals surface area contributed by atoms with Gasteiger partial charge in [-0.1, -0.05) is 34.6 Å². The Morgan fingerprint density at radius 1 is 0.925 bits per heavy atom. The van der Waals surface area contributed by atoms with Gasteiger partial charge in [0.15, 0.2) is 12.6 Å². The second-order valence-electron chi connectivity index (χ2n) is 18.9. The third-order valence-corrected chi connectivity index (χ3v) is 13.3. The van der Waals surface area contributed by atoms with E-state index >= 15 is 0 Å². The fraction of sp³-hybridized carbons (Fsp3) is 0.976. The van der Waals surface area contributed by atoms with E-state index in [9.17, 15) is 25.2 Å². The van der Waals surface area contributed by atoms with Crippen molar-refractivity contribution in [3.63, 3.8) is 0 Å². The normalized spacial score (nSPS) is 48.6. The first kappa shape index (κ1) is 46.5. The maximum Gasteiger partial charge on any atom is 0.311 e. The quantitative estimate of drug-likeness (QED) is 0.257. The van der Waals surface area contributed by atoms with Gasteiger partial charge in [0.2, 0.25) is 0 Å². The minimum atomic E-state index is -1.73. The van der Waals surface area contributed by atoms with E-state index in [1.807, 2.05) is 55.5 Å². The Hall–Kier alpha value is -0.930. The number of likely N-dealkylation sites (N-methyl/N-ethyl adjacent to an activating group) is 1. The first-order valence-electron chi connectivity index (χ1n) is 20.1. The number of aliphatic hydroxyl groups excluding tert-OH is 2. The summed E-state index contributed by atoms with van der Waals surface area (Å²) in [7, 11) is 3.66. The summed E-state index contributed by atoms with van der Waals surface area (Å²) in [5.41, 5.74) is -4.08. The van der Waals surface area contributed by atoms with Crippen LogP contribution in [0.4, 0.5) is 0 Å². The minimum absolute atomic E-state index is 0.0573. The fourth-order valence-corrected chi connectivity index (χ4v) is 9.25. The molecule has 0 aliphatic carbocycles. The lowest BCUT2D eigenvalue weighted by molar-refractivity contribution is -0.315. The number of carbonyl (C=O) groups excluding carboxylic acids is 1. The molecule has 0 bridgehead atoms. The van der Waals surface area contributed by atoms with Gasteiger partial charge in [-0.3, -0.25) is 9.69 Å². The van der Waals surface area contributed by atoms with Crippen molar-refractivity contribution in [2.45, 2.75) is 213 Å². The van der Waals surface area contributed by atoms with Crippen LogP contribution in [0.5, 0.6) is 0 Å². The summed E-state index contributed by atoms with van der Waals surface area (Å²) >= 11 is 0. The van der Waals surface area contributed by atoms with Gasteiger partial charge in [-0.2, -0.15) is 0 Å². The van der Waals surface area contributed by atoms with Crippen molar-refractivity contribution in [2.24, 2.45) is 29.6 Å². The molecular weight excluding hydrogens is 682 g/mol. The van der Waals surface area contributed by atoms with Crippen molar-refractivity contribution in [3.8, 4) is 0 Å². The number of hydrogen-bond acceptors (Lipinski definition) is 12. The predicted octanol–water partition coefficient (Wildman–Crippen LogP) is 5.05. The summed E-state index contributed by atoms with van der Waals surface area (Å²) in [5, 5.41) is 47.6. The molecule has 312 valence electrons. The number of esters is 1. The highest BCUT2D eigenvalue weighted by Gasteiger charge is 2.52. The van der Waals surface area contributed by atoms with Gasteiger partial charge in [0.1, 0.15) is 17.8 Å². The number of methoxy groups -OCH3 is 1. The molecule has 3 aliphatic heterocycles. The van der Waals surface area contributed by atoms with Crippen molar-refractivity contribution in [1.82, 2.24) is 4.90 Å². The Morgan fingerprint density at radius 3 is 2.08 bits per heavy atom. The van der Waals surface area contributed by atoms with E-state index in [4.69, 9.17) is 28.4 Å². The summed E-state index contributed by atoms with van der Waals surface area (Å²) in [4.78, 5) is 16.3. The van der Waals surface area contributed by atoms with Crippen molar-refractivity contribution in [2.75, 3.05) is 14.2 Å². The van der Waals surface area contributed by atoms with Crippen LogP contribution in [-0.2, 0) is 33.2 Å². The molecule has 0 spiro atoms. The molecule has 0 unspecified atom stereocenters. The third kappa shape index (κ3) is 10.5. The van der Waals surface area contributed by atoms with Crippen LogP contribution in [0.25, 0.3) is 0 Å². The Labute approximate surface area is 320 Å². The predicted molar refractivity (Wildman–Crippen MR) is 203 cm³/mol. The summed E-state index contributed by atoms with van der Waals surface area (Å²) < 4.78 is 38.4. The highest BCUT2D eigenvalue weighted by atomic mass is 16.7. The third-order valence-electron chi connectivity index (χ3n) is 13.3. The standard InChI is InChI=1S/C41H77NO11/c1-17-30-41(14,47)34(44)23(3)18-22(2)20-39(12,46)35(53-37-32(43)29(19-24(4)49-37)42(15)38(9,10)11)25(5)33(26(6)36(45)51-30)52-31-21-40(13,48-16)27(7)28(8)50-31/h22-35,37,43-44,46-47H,17-21H2,1-16H3/t22-,23-,24+,25-,26+,27-,28-,29-,30+,31-,32+,33-,34+,35+,37-,39-,40+,41+/m0/s1. The average Bonchev–Trinajstić information content (AvgIpc) is 3.05. The highest BCUT2D eigenvalue weighted by molar-refractivity contribution is 5.73. The number of nitrogens with zero attached hydrogens (tertiary/aromatic N) is 1. The maximum atomic E-state index is 14.2. The molecule has 3 aliphatic rings. The summed E-state index contributed by atoms with van der Waals surface area (Å²) in [6, 6.07) is -0.283. The van der Waals surface area contributed by atoms with Gasteiger partial charge in [0.05, 0.1) is 47.6 Å². The van der Waals surface area contributed by atoms with E-state index in [1.165, 1.54) is 6.92 Å². The lowest BCUT2D eigenvalue weighted by Crippen LogP contribution is -2.62. The van der Waals surface area contributed by atoms with E-state index in [2.05, 4.69) is 32.6 Å². The van der Waals surface area contributed by atoms with Crippen LogP contribution in [0.2, 0.25) is 0 Å². The second-order valence-corrected chi connectivity index (χ2v) is 18.9. The van der Waals surface area contributed by atoms with Crippen LogP contribution in [0.15, 0.2) is 0 Å². The van der Waals surface area contributed by atoms with Gasteiger partial charge >= 0.3 is 5.97 Å². The van der Waals surface area contributed by atoms with Crippen LogP contribution in [-0.4, -0.2) is 129 Å². The molecule has 0 saturated carbocycles. The number of cyclic esters (lactones) is 1. The van der Waals surface area contributed by atoms with Crippen molar-refractivity contribution < 1.29 is 53.6 Å². The molecule has 0 aromatic rings. The smallest absolute Gasteiger partial charge is 0.311 e. The summed E-state index contributed by atoms with van der Waals surface area (Å²) in [5.74, 6) is -2.70. The van der Waals surface area contributed by atoms with Gasteiger partial charge in [-0.15, -0.1) is 0 Å². The number of carbonyl (C=O) groups is 1. The molecule has 0 amide bonds. The van der Waals surface area contributed by atoms with Crippen LogP contribution in [0, 0.1) is 29.6 Å². The minimum Gasteiger partial charge on any atom is -0.459 e. The molecule has 0 radical (unpaired) electrons. The van der Waals surface area contributed by atoms with Gasteiger partial charge < -0.3 is 48.8 Å². The van der Waals surface area contributed by atoms with Gasteiger partial charge in [-0.05, 0) is 107 Å². The molecule has 53 heavy (non-hydrogen) atoms. The molecule has 0 aromatic heterocycles. The van der Waals surface area contributed by atoms with Crippen LogP contribution in [0.1, 0.15) is 129 Å². The number of hydrogen-bond donors (Lipinski definition) is 4. The average molecular weight is 760 g/mol. The Kier molecular flexibility index (Phi) is 15.5. The monoisotopic (exact) mass is 760 g/mol. The number of aliphatic hydroxyl groups is 4. The van der Waals surface area contributed by atoms with Crippen molar-refractivity contribution in [3.05, 3.63) is 0 Å². The molecule has 4 N–H and O–H groups in total. The van der Waals surface area contributed by atoms with E-state index in [0.29, 0.717) is 19.3 Å². The molecule has 12 heteroatoms. The van der Waals surface area contributed by atoms with E-state index in [-0.39, 0.29) is 48.5 Å². The molecule has 18 atom stereocenters. The molecule has 3 rings (SSSR count). The zero-order valence-corrected chi connectivity index (χ0v) is 35.8. The van der Waals surface area contributed by atoms with E-state index in [0.717, 1.165) is 0 Å². The Morgan fingerprint density at radius 2 is 1.53 bits per heavy atom. The Balaban J connectivity index is 2.16. The van der Waals surface area contributed by atoms with Crippen molar-refractivity contribution in [1.29, 1.82) is 0 Å². The Bertz CT molecular complexity index is 1180. The maximum absolute atomic E-state index is 14.2. The zero-order chi connectivity index (χ0) is 40.6. The van der Waals surface area contributed by atoms with Crippen molar-refractivity contribution >= 4 is 5.97 Å². The van der Waals surface area contributed by atoms with Crippen LogP contribution in [0.3, 0.4) is 0 Å². The number of ether oxygens (including phenoxy) is 6. The SMILES string of the molecule is CC[C@H]1OC(=O)[C@H](C)[C@@H](O[C@H]2C[C@@](C)(OC)[C@@H](C)[C@H](C)O2)[C@H](C)[C@@H](O[C@@H]2O[C@H](C)C[C@H](N(C)C(C)(C)C)[C@H]2O)[C@@](C)(O)C[C@@H](C)C[C@H](C)[C@@H](O)[C@]1(C)O. The molecule has 3 saturated heterocycles. The van der Waals surface area contributed by atoms with Gasteiger partial charge in [0, 0.05) is 36.9 Å². The van der Waals surface area contributed by atoms with Crippen LogP contribution < -0.4 is 0 Å². The zero-order valence-electron chi connectivity index (χ0n) is 35.8. The van der Waals surface area contributed by atoms with E-state index in [1.54, 1.807) is 21.0 Å². The molecular formula is C41H77NO11. The second kappa shape index (κ2) is 17.7. The molecule has 0 aromatic carbocycles. The van der Waals surface area contributed by atoms with Gasteiger partial charge in [0.25, 0.3) is 0 Å². The first-order valence-corrected chi connectivity index (χ1v) is 20.1. The van der Waals surface area contributed by atoms with Crippen LogP contribution >= 0.6 is 0 Å². The molecule has 12 nitrogen and oxygen atoms in total. The molecule has 3 fully saturated rings. The highest BCUT2D eigenvalue weighted by Crippen LogP contribution is 2.42.